The quantitative estimate of drug-likeness (QED) is 0.302. The van der Waals surface area contributed by atoms with Crippen LogP contribution in [0.5, 0.6) is 0 Å². The van der Waals surface area contributed by atoms with Crippen molar-refractivity contribution in [3.8, 4) is 0 Å². The van der Waals surface area contributed by atoms with E-state index in [0.29, 0.717) is 22.7 Å². The normalized spacial score (nSPS) is 13.9. The molecule has 146 valence electrons. The molecular weight excluding hydrogens is 416 g/mol. The van der Waals surface area contributed by atoms with Crippen LogP contribution in [0, 0.1) is 11.2 Å². The summed E-state index contributed by atoms with van der Waals surface area (Å²) in [5, 5.41) is 19.8. The van der Waals surface area contributed by atoms with Crippen LogP contribution in [0.25, 0.3) is 0 Å². The number of hydrogen-bond donors (Lipinski definition) is 3. The molecule has 1 aromatic heterocycles. The van der Waals surface area contributed by atoms with E-state index in [1.807, 2.05) is 0 Å². The van der Waals surface area contributed by atoms with E-state index >= 15 is 0 Å². The lowest BCUT2D eigenvalue weighted by molar-refractivity contribution is -0.478. The number of halogens is 5. The van der Waals surface area contributed by atoms with Gasteiger partial charge in [-0.2, -0.15) is 13.2 Å². The molecule has 9 heteroatoms. The Morgan fingerprint density at radius 3 is 2.25 bits per heavy atom. The zero-order chi connectivity index (χ0) is 20.5. The van der Waals surface area contributed by atoms with Crippen LogP contribution in [-0.2, 0) is 5.60 Å². The summed E-state index contributed by atoms with van der Waals surface area (Å²) in [7, 11) is 0. The lowest BCUT2D eigenvalue weighted by atomic mass is 9.89. The van der Waals surface area contributed by atoms with Gasteiger partial charge in [-0.3, -0.25) is 5.32 Å². The Morgan fingerprint density at radius 2 is 1.71 bits per heavy atom. The van der Waals surface area contributed by atoms with E-state index in [2.05, 4.69) is 0 Å². The van der Waals surface area contributed by atoms with E-state index in [9.17, 15) is 22.7 Å². The summed E-state index contributed by atoms with van der Waals surface area (Å²) in [5.41, 5.74) is -2.43. The van der Waals surface area contributed by atoms with Crippen LogP contribution >= 0.6 is 22.9 Å². The monoisotopic (exact) mass is 429 g/mol. The second kappa shape index (κ2) is 7.63. The Hall–Kier alpha value is -2.26. The van der Waals surface area contributed by atoms with Gasteiger partial charge in [0.05, 0.1) is 14.8 Å². The summed E-state index contributed by atoms with van der Waals surface area (Å²) in [6, 6.07) is 11.6. The summed E-state index contributed by atoms with van der Waals surface area (Å²) in [6.07, 6.45) is -4.10. The van der Waals surface area contributed by atoms with Crippen molar-refractivity contribution in [3.05, 3.63) is 80.8 Å². The first-order chi connectivity index (χ1) is 13.1. The van der Waals surface area contributed by atoms with Gasteiger partial charge >= 0.3 is 6.18 Å². The molecule has 3 rings (SSSR count). The van der Waals surface area contributed by atoms with Crippen molar-refractivity contribution < 1.29 is 28.0 Å². The highest BCUT2D eigenvalue weighted by atomic mass is 35.5. The van der Waals surface area contributed by atoms with Gasteiger partial charge in [0.15, 0.2) is 0 Å². The molecule has 1 heterocycles. The maximum absolute atomic E-state index is 13.8. The Balaban J connectivity index is 2.06. The van der Waals surface area contributed by atoms with Crippen LogP contribution in [0.3, 0.4) is 0 Å². The molecule has 0 fully saturated rings. The van der Waals surface area contributed by atoms with Crippen molar-refractivity contribution in [2.24, 2.45) is 0 Å². The Labute approximate surface area is 166 Å². The number of nitrogens with one attached hydrogen (secondary N) is 1. The van der Waals surface area contributed by atoms with Crippen molar-refractivity contribution >= 4 is 40.5 Å². The largest absolute Gasteiger partial charge is 0.426 e. The third kappa shape index (κ3) is 3.81. The molecule has 0 saturated carbocycles. The summed E-state index contributed by atoms with van der Waals surface area (Å²) in [4.78, 5) is -0.365. The standard InChI is InChI=1S/C19H13ClF4N2OS/c20-17-8-7-16(28-17)18(27,19(22,23)24)12-1-6-15(11(9-12)10-25)26-14-4-2-13(21)3-5-14/h1-10,25-27H/p+1. The Bertz CT molecular complexity index is 1000. The first kappa shape index (κ1) is 20.5. The number of hydrogen-bond acceptors (Lipinski definition) is 3. The van der Waals surface area contributed by atoms with Gasteiger partial charge in [0.2, 0.25) is 5.60 Å². The second-order valence-electron chi connectivity index (χ2n) is 6.00. The highest BCUT2D eigenvalue weighted by molar-refractivity contribution is 7.16. The average Bonchev–Trinajstić information content (AvgIpc) is 3.09. The molecule has 28 heavy (non-hydrogen) atoms. The number of rotatable bonds is 5. The minimum absolute atomic E-state index is 0.117. The van der Waals surface area contributed by atoms with Gasteiger partial charge in [-0.1, -0.05) is 11.6 Å². The first-order valence-corrected chi connectivity index (χ1v) is 9.15. The van der Waals surface area contributed by atoms with Crippen LogP contribution < -0.4 is 5.32 Å². The van der Waals surface area contributed by atoms with E-state index < -0.39 is 23.2 Å². The molecular formula is C19H14ClF4N2OS+. The number of thiophene rings is 1. The third-order valence-electron chi connectivity index (χ3n) is 4.19. The lowest BCUT2D eigenvalue weighted by Crippen LogP contribution is -2.71. The van der Waals surface area contributed by atoms with Crippen molar-refractivity contribution in [2.75, 3.05) is 0 Å². The summed E-state index contributed by atoms with van der Waals surface area (Å²) < 4.78 is 54.6. The zero-order valence-corrected chi connectivity index (χ0v) is 15.7. The second-order valence-corrected chi connectivity index (χ2v) is 7.71. The van der Waals surface area contributed by atoms with Gasteiger partial charge in [0.25, 0.3) is 0 Å². The molecule has 4 N–H and O–H groups in total. The number of benzene rings is 2. The van der Waals surface area contributed by atoms with Crippen LogP contribution in [0.4, 0.5) is 28.9 Å². The highest BCUT2D eigenvalue weighted by Gasteiger charge is 2.57. The number of alkyl halides is 3. The highest BCUT2D eigenvalue weighted by Crippen LogP contribution is 2.47. The van der Waals surface area contributed by atoms with E-state index in [4.69, 9.17) is 17.0 Å². The van der Waals surface area contributed by atoms with Crippen LogP contribution in [0.1, 0.15) is 16.0 Å². The molecule has 0 amide bonds. The minimum Gasteiger partial charge on any atom is -0.372 e. The van der Waals surface area contributed by atoms with Crippen molar-refractivity contribution in [2.45, 2.75) is 11.8 Å². The van der Waals surface area contributed by atoms with Gasteiger partial charge in [-0.15, -0.1) is 11.3 Å². The molecule has 0 aliphatic rings. The van der Waals surface area contributed by atoms with Gasteiger partial charge < -0.3 is 10.5 Å². The smallest absolute Gasteiger partial charge is 0.372 e. The summed E-state index contributed by atoms with van der Waals surface area (Å²) in [6.45, 7) is 0. The van der Waals surface area contributed by atoms with Gasteiger partial charge in [-0.25, -0.2) is 4.39 Å². The predicted molar refractivity (Wildman–Crippen MR) is 100 cm³/mol. The fourth-order valence-corrected chi connectivity index (χ4v) is 3.93. The topological polar surface area (TPSA) is 60.7 Å². The molecule has 3 aromatic rings. The van der Waals surface area contributed by atoms with Gasteiger partial charge in [0.1, 0.15) is 17.2 Å². The Morgan fingerprint density at radius 1 is 1.04 bits per heavy atom. The number of aliphatic hydroxyl groups is 1. The van der Waals surface area contributed by atoms with Crippen LogP contribution in [0.2, 0.25) is 4.34 Å². The first-order valence-electron chi connectivity index (χ1n) is 7.95. The average molecular weight is 430 g/mol. The minimum atomic E-state index is -5.00. The molecule has 0 saturated heterocycles. The molecule has 0 aliphatic carbocycles. The van der Waals surface area contributed by atoms with Crippen LogP contribution in [0.15, 0.2) is 54.6 Å². The molecule has 0 radical (unpaired) electrons. The van der Waals surface area contributed by atoms with Gasteiger partial charge in [-0.05, 0) is 42.0 Å². The number of quaternary nitrogens is 1. The molecule has 3 nitrogen and oxygen atoms in total. The molecule has 1 atom stereocenters. The van der Waals surface area contributed by atoms with E-state index in [-0.39, 0.29) is 14.8 Å². The maximum Gasteiger partial charge on any atom is 0.426 e. The SMILES string of the molecule is N=Cc1cc(C(O)(c2ccc(Cl)s2)C(F)(F)F)ccc1[NH2+]c1ccc(F)cc1. The van der Waals surface area contributed by atoms with Crippen molar-refractivity contribution in [1.29, 1.82) is 5.41 Å². The third-order valence-corrected chi connectivity index (χ3v) is 5.53. The Kier molecular flexibility index (Phi) is 5.58. The fraction of sp³-hybridized carbons (Fsp3) is 0.105. The number of nitrogens with two attached hydrogens (primary N) is 1. The maximum atomic E-state index is 13.8. The van der Waals surface area contributed by atoms with Crippen molar-refractivity contribution in [3.63, 3.8) is 0 Å². The van der Waals surface area contributed by atoms with Gasteiger partial charge in [0, 0.05) is 24.4 Å². The molecule has 2 aromatic carbocycles. The summed E-state index contributed by atoms with van der Waals surface area (Å²) in [5.74, 6) is -0.412. The van der Waals surface area contributed by atoms with Crippen molar-refractivity contribution in [1.82, 2.24) is 0 Å². The zero-order valence-electron chi connectivity index (χ0n) is 14.1. The van der Waals surface area contributed by atoms with E-state index in [0.717, 1.165) is 24.4 Å². The predicted octanol–water partition coefficient (Wildman–Crippen LogP) is 4.86. The van der Waals surface area contributed by atoms with E-state index in [1.165, 1.54) is 36.4 Å². The molecule has 0 aliphatic heterocycles. The van der Waals surface area contributed by atoms with Crippen LogP contribution in [-0.4, -0.2) is 17.5 Å². The summed E-state index contributed by atoms with van der Waals surface area (Å²) >= 11 is 6.39. The molecule has 0 spiro atoms. The fourth-order valence-electron chi connectivity index (χ4n) is 2.75. The van der Waals surface area contributed by atoms with E-state index in [1.54, 1.807) is 5.32 Å². The molecule has 0 bridgehead atoms. The molecule has 1 unspecified atom stereocenters. The lowest BCUT2D eigenvalue weighted by Gasteiger charge is -2.30.